The van der Waals surface area contributed by atoms with E-state index in [1.165, 1.54) is 68.9 Å². The largest absolute Gasteiger partial charge is 0.228 e. The van der Waals surface area contributed by atoms with Crippen LogP contribution in [-0.2, 0) is 5.41 Å². The smallest absolute Gasteiger partial charge is 0.160 e. The molecule has 0 fully saturated rings. The Kier molecular flexibility index (Phi) is 7.28. The van der Waals surface area contributed by atoms with E-state index in [1.54, 1.807) is 0 Å². The molecule has 57 heavy (non-hydrogen) atoms. The Balaban J connectivity index is 1.02. The quantitative estimate of drug-likeness (QED) is 0.179. The van der Waals surface area contributed by atoms with E-state index in [4.69, 9.17) is 9.97 Å². The van der Waals surface area contributed by atoms with Crippen LogP contribution >= 0.6 is 23.1 Å². The molecule has 1 aliphatic heterocycles. The lowest BCUT2D eigenvalue weighted by atomic mass is 9.67. The summed E-state index contributed by atoms with van der Waals surface area (Å²) in [6.07, 6.45) is 0. The highest BCUT2D eigenvalue weighted by Crippen LogP contribution is 2.62. The van der Waals surface area contributed by atoms with Crippen molar-refractivity contribution in [3.63, 3.8) is 0 Å². The van der Waals surface area contributed by atoms with Crippen molar-refractivity contribution in [3.05, 3.63) is 216 Å². The average Bonchev–Trinajstić information content (AvgIpc) is 3.80. The van der Waals surface area contributed by atoms with Gasteiger partial charge in [-0.3, -0.25) is 0 Å². The summed E-state index contributed by atoms with van der Waals surface area (Å²) in [7, 11) is 0. The van der Waals surface area contributed by atoms with Crippen molar-refractivity contribution in [1.29, 1.82) is 0 Å². The summed E-state index contributed by atoms with van der Waals surface area (Å²) in [6.45, 7) is 0. The van der Waals surface area contributed by atoms with Crippen molar-refractivity contribution in [3.8, 4) is 56.2 Å². The molecule has 3 heterocycles. The Morgan fingerprint density at radius 3 is 1.77 bits per heavy atom. The number of benzene rings is 8. The summed E-state index contributed by atoms with van der Waals surface area (Å²) < 4.78 is 2.56. The van der Waals surface area contributed by atoms with Gasteiger partial charge in [0.1, 0.15) is 0 Å². The van der Waals surface area contributed by atoms with Crippen LogP contribution < -0.4 is 0 Å². The van der Waals surface area contributed by atoms with Crippen LogP contribution in [0.1, 0.15) is 22.3 Å². The van der Waals surface area contributed by atoms with E-state index >= 15 is 0 Å². The molecule has 0 radical (unpaired) electrons. The second-order valence-electron chi connectivity index (χ2n) is 14.9. The van der Waals surface area contributed by atoms with Gasteiger partial charge in [0, 0.05) is 46.7 Å². The van der Waals surface area contributed by atoms with Gasteiger partial charge >= 0.3 is 0 Å². The monoisotopic (exact) mass is 760 g/mol. The lowest BCUT2D eigenvalue weighted by molar-refractivity contribution is 0.723. The first kappa shape index (κ1) is 32.6. The molecule has 0 N–H and O–H groups in total. The predicted octanol–water partition coefficient (Wildman–Crippen LogP) is 14.3. The summed E-state index contributed by atoms with van der Waals surface area (Å²) in [5.74, 6) is 0.710. The van der Waals surface area contributed by atoms with E-state index in [2.05, 4.69) is 188 Å². The molecule has 0 saturated carbocycles. The van der Waals surface area contributed by atoms with E-state index in [9.17, 15) is 0 Å². The Bertz CT molecular complexity index is 3190. The fourth-order valence-corrected chi connectivity index (χ4v) is 11.6. The van der Waals surface area contributed by atoms with Crippen LogP contribution in [0.4, 0.5) is 0 Å². The average molecular weight is 761 g/mol. The maximum atomic E-state index is 5.29. The third kappa shape index (κ3) is 4.98. The van der Waals surface area contributed by atoms with E-state index in [0.29, 0.717) is 5.82 Å². The lowest BCUT2D eigenvalue weighted by Crippen LogP contribution is -2.32. The van der Waals surface area contributed by atoms with Crippen molar-refractivity contribution in [2.45, 2.75) is 15.2 Å². The number of thiophene rings is 1. The third-order valence-electron chi connectivity index (χ3n) is 11.8. The normalized spacial score (nSPS) is 13.3. The van der Waals surface area contributed by atoms with Gasteiger partial charge in [0.05, 0.1) is 16.8 Å². The van der Waals surface area contributed by atoms with Crippen molar-refractivity contribution in [1.82, 2.24) is 9.97 Å². The van der Waals surface area contributed by atoms with Gasteiger partial charge in [-0.25, -0.2) is 9.97 Å². The molecule has 1 aliphatic carbocycles. The van der Waals surface area contributed by atoms with Crippen LogP contribution in [0.15, 0.2) is 204 Å². The molecule has 1 spiro atoms. The van der Waals surface area contributed by atoms with Crippen LogP contribution in [0.25, 0.3) is 76.3 Å². The van der Waals surface area contributed by atoms with Crippen molar-refractivity contribution >= 4 is 43.3 Å². The molecule has 2 aromatic heterocycles. The van der Waals surface area contributed by atoms with Crippen LogP contribution in [0.3, 0.4) is 0 Å². The first-order valence-corrected chi connectivity index (χ1v) is 20.9. The van der Waals surface area contributed by atoms with Gasteiger partial charge in [0.15, 0.2) is 5.82 Å². The van der Waals surface area contributed by atoms with Crippen LogP contribution in [0, 0.1) is 0 Å². The van der Waals surface area contributed by atoms with Gasteiger partial charge in [0.2, 0.25) is 0 Å². The van der Waals surface area contributed by atoms with E-state index in [0.717, 1.165) is 33.6 Å². The van der Waals surface area contributed by atoms with Crippen LogP contribution in [-0.4, -0.2) is 9.97 Å². The van der Waals surface area contributed by atoms with Gasteiger partial charge in [-0.05, 0) is 87.0 Å². The molecule has 10 aromatic rings. The van der Waals surface area contributed by atoms with Crippen molar-refractivity contribution in [2.75, 3.05) is 0 Å². The highest BCUT2D eigenvalue weighted by Gasteiger charge is 2.50. The molecular formula is C53H32N2S2. The van der Waals surface area contributed by atoms with Crippen LogP contribution in [0.2, 0.25) is 0 Å². The number of rotatable bonds is 4. The van der Waals surface area contributed by atoms with Crippen LogP contribution in [0.5, 0.6) is 0 Å². The Hall–Kier alpha value is -6.59. The van der Waals surface area contributed by atoms with Gasteiger partial charge in [-0.2, -0.15) is 0 Å². The minimum atomic E-state index is -0.421. The Morgan fingerprint density at radius 1 is 0.351 bits per heavy atom. The highest BCUT2D eigenvalue weighted by molar-refractivity contribution is 7.99. The van der Waals surface area contributed by atoms with E-state index in [-0.39, 0.29) is 0 Å². The van der Waals surface area contributed by atoms with Crippen molar-refractivity contribution in [2.24, 2.45) is 0 Å². The number of nitrogens with zero attached hydrogens (tertiary/aromatic N) is 2. The van der Waals surface area contributed by atoms with E-state index in [1.807, 2.05) is 29.2 Å². The molecule has 0 unspecified atom stereocenters. The fourth-order valence-electron chi connectivity index (χ4n) is 9.24. The molecule has 0 bridgehead atoms. The SMILES string of the molecule is c1ccc(-c2cc(-c3ccc4c(c3)sc3ccccc34)nc(-c3cccc(-c4ccc5c(c4)C4(c6ccccc6S5)c5ccccc5-c5ccccc54)c3)n2)cc1. The number of aromatic nitrogens is 2. The number of fused-ring (bicyclic) bond motifs is 12. The molecular weight excluding hydrogens is 729 g/mol. The molecule has 2 aliphatic rings. The summed E-state index contributed by atoms with van der Waals surface area (Å²) in [5.41, 5.74) is 14.8. The molecule has 0 saturated heterocycles. The number of hydrogen-bond donors (Lipinski definition) is 0. The van der Waals surface area contributed by atoms with E-state index < -0.39 is 5.41 Å². The topological polar surface area (TPSA) is 25.8 Å². The standard InChI is InChI=1S/C53H32N2S2/c1-2-13-33(14-3-1)46-32-47(36-25-27-41-40-19-6-10-23-48(40)56-51(41)31-36)55-52(54-46)37-16-12-15-34(29-37)35-26-28-50-45(30-35)53(44-22-9-11-24-49(44)57-50)42-20-7-4-17-38(42)39-18-5-8-21-43(39)53/h1-32H. The summed E-state index contributed by atoms with van der Waals surface area (Å²) >= 11 is 3.71. The fraction of sp³-hybridized carbons (Fsp3) is 0.0189. The summed E-state index contributed by atoms with van der Waals surface area (Å²) in [6, 6.07) is 70.8. The lowest BCUT2D eigenvalue weighted by Gasteiger charge is -2.40. The van der Waals surface area contributed by atoms with Gasteiger partial charge in [-0.15, -0.1) is 11.3 Å². The highest BCUT2D eigenvalue weighted by atomic mass is 32.2. The minimum absolute atomic E-state index is 0.421. The molecule has 0 atom stereocenters. The zero-order valence-corrected chi connectivity index (χ0v) is 32.3. The summed E-state index contributed by atoms with van der Waals surface area (Å²) in [4.78, 5) is 13.1. The minimum Gasteiger partial charge on any atom is -0.228 e. The maximum absolute atomic E-state index is 5.29. The van der Waals surface area contributed by atoms with Crippen molar-refractivity contribution < 1.29 is 0 Å². The zero-order chi connectivity index (χ0) is 37.5. The molecule has 4 heteroatoms. The first-order chi connectivity index (χ1) is 28.2. The first-order valence-electron chi connectivity index (χ1n) is 19.3. The second-order valence-corrected chi connectivity index (χ2v) is 17.0. The number of hydrogen-bond acceptors (Lipinski definition) is 4. The maximum Gasteiger partial charge on any atom is 0.160 e. The van der Waals surface area contributed by atoms with Gasteiger partial charge in [0.25, 0.3) is 0 Å². The zero-order valence-electron chi connectivity index (χ0n) is 30.7. The third-order valence-corrected chi connectivity index (χ3v) is 14.1. The molecule has 12 rings (SSSR count). The predicted molar refractivity (Wildman–Crippen MR) is 238 cm³/mol. The molecule has 266 valence electrons. The molecule has 2 nitrogen and oxygen atoms in total. The second kappa shape index (κ2) is 12.7. The Morgan fingerprint density at radius 2 is 0.947 bits per heavy atom. The summed E-state index contributed by atoms with van der Waals surface area (Å²) in [5, 5.41) is 2.58. The molecule has 8 aromatic carbocycles. The Labute approximate surface area is 339 Å². The van der Waals surface area contributed by atoms with Gasteiger partial charge < -0.3 is 0 Å². The van der Waals surface area contributed by atoms with Gasteiger partial charge in [-0.1, -0.05) is 163 Å². The molecule has 0 amide bonds.